The maximum Gasteiger partial charge on any atom is 0.317 e. The maximum atomic E-state index is 11.8. The number of carbonyl (C=O) groups is 2. The monoisotopic (exact) mass is 352 g/mol. The highest BCUT2D eigenvalue weighted by Gasteiger charge is 2.35. The highest BCUT2D eigenvalue weighted by atomic mass is 16.4. The van der Waals surface area contributed by atoms with Crippen LogP contribution in [-0.2, 0) is 9.59 Å². The fourth-order valence-corrected chi connectivity index (χ4v) is 3.97. The first-order valence-corrected chi connectivity index (χ1v) is 9.68. The summed E-state index contributed by atoms with van der Waals surface area (Å²) < 4.78 is 0. The summed E-state index contributed by atoms with van der Waals surface area (Å²) >= 11 is 0. The van der Waals surface area contributed by atoms with Crippen molar-refractivity contribution in [2.75, 3.05) is 26.2 Å². The van der Waals surface area contributed by atoms with Gasteiger partial charge in [0.2, 0.25) is 0 Å². The van der Waals surface area contributed by atoms with Gasteiger partial charge in [0.15, 0.2) is 0 Å². The van der Waals surface area contributed by atoms with Gasteiger partial charge in [0, 0.05) is 18.6 Å². The molecule has 1 rings (SSSR count). The smallest absolute Gasteiger partial charge is 0.317 e. The summed E-state index contributed by atoms with van der Waals surface area (Å²) in [6, 6.07) is 0.440. The largest absolute Gasteiger partial charge is 0.480 e. The van der Waals surface area contributed by atoms with Crippen molar-refractivity contribution in [3.8, 4) is 0 Å². The molecule has 0 amide bonds. The summed E-state index contributed by atoms with van der Waals surface area (Å²) in [4.78, 5) is 27.5. The van der Waals surface area contributed by atoms with Crippen molar-refractivity contribution in [3.05, 3.63) is 12.2 Å². The molecule has 0 aromatic heterocycles. The van der Waals surface area contributed by atoms with Gasteiger partial charge in [-0.05, 0) is 39.7 Å². The van der Waals surface area contributed by atoms with Gasteiger partial charge in [-0.1, -0.05) is 44.8 Å². The number of nitrogens with zero attached hydrogens (tertiary/aromatic N) is 2. The number of rotatable bonds is 12. The molecule has 0 radical (unpaired) electrons. The first-order valence-electron chi connectivity index (χ1n) is 9.68. The Bertz CT molecular complexity index is 434. The summed E-state index contributed by atoms with van der Waals surface area (Å²) in [6.07, 6.45) is 7.58. The predicted octanol–water partition coefficient (Wildman–Crippen LogP) is 3.34. The van der Waals surface area contributed by atoms with Gasteiger partial charge in [-0.15, -0.1) is 0 Å². The fourth-order valence-electron chi connectivity index (χ4n) is 3.97. The van der Waals surface area contributed by atoms with Crippen LogP contribution in [0.25, 0.3) is 0 Å². The standard InChI is InChI=1S/C20H36N2O3/c1-5-6-9-12-21(15-20(24)25)18-10-7-8-11-19(18)22(13-16(2)3)14-17(4)23/h18-19H,2,5-15H2,1,3-4H3,(H,24,25). The lowest BCUT2D eigenvalue weighted by molar-refractivity contribution is -0.139. The second-order valence-corrected chi connectivity index (χ2v) is 7.55. The van der Waals surface area contributed by atoms with Gasteiger partial charge < -0.3 is 5.11 Å². The van der Waals surface area contributed by atoms with Crippen LogP contribution >= 0.6 is 0 Å². The summed E-state index contributed by atoms with van der Waals surface area (Å²) in [7, 11) is 0. The zero-order valence-electron chi connectivity index (χ0n) is 16.3. The lowest BCUT2D eigenvalue weighted by Gasteiger charge is -2.44. The van der Waals surface area contributed by atoms with Gasteiger partial charge >= 0.3 is 5.97 Å². The third-order valence-electron chi connectivity index (χ3n) is 4.92. The molecular formula is C20H36N2O3. The average molecular weight is 353 g/mol. The van der Waals surface area contributed by atoms with Gasteiger partial charge in [0.1, 0.15) is 5.78 Å². The molecule has 0 bridgehead atoms. The van der Waals surface area contributed by atoms with Crippen LogP contribution < -0.4 is 0 Å². The minimum Gasteiger partial charge on any atom is -0.480 e. The van der Waals surface area contributed by atoms with E-state index in [-0.39, 0.29) is 24.4 Å². The van der Waals surface area contributed by atoms with Gasteiger partial charge in [-0.25, -0.2) is 0 Å². The lowest BCUT2D eigenvalue weighted by Crippen LogP contribution is -2.55. The lowest BCUT2D eigenvalue weighted by atomic mass is 9.87. The summed E-state index contributed by atoms with van der Waals surface area (Å²) in [5.74, 6) is -0.611. The highest BCUT2D eigenvalue weighted by Crippen LogP contribution is 2.28. The Balaban J connectivity index is 2.95. The van der Waals surface area contributed by atoms with Crippen LogP contribution in [0.2, 0.25) is 0 Å². The van der Waals surface area contributed by atoms with E-state index >= 15 is 0 Å². The molecule has 1 fully saturated rings. The Morgan fingerprint density at radius 3 is 2.08 bits per heavy atom. The molecule has 5 heteroatoms. The molecule has 5 nitrogen and oxygen atoms in total. The van der Waals surface area contributed by atoms with Crippen molar-refractivity contribution >= 4 is 11.8 Å². The molecule has 0 spiro atoms. The van der Waals surface area contributed by atoms with E-state index in [1.165, 1.54) is 0 Å². The minimum absolute atomic E-state index is 0.0892. The van der Waals surface area contributed by atoms with Crippen molar-refractivity contribution in [1.82, 2.24) is 9.80 Å². The summed E-state index contributed by atoms with van der Waals surface area (Å²) in [5, 5.41) is 9.36. The number of ketones is 1. The molecule has 1 aliphatic carbocycles. The van der Waals surface area contributed by atoms with Crippen LogP contribution in [0.1, 0.15) is 65.7 Å². The third kappa shape index (κ3) is 8.15. The van der Waals surface area contributed by atoms with Gasteiger partial charge in [-0.3, -0.25) is 19.4 Å². The van der Waals surface area contributed by atoms with Crippen molar-refractivity contribution in [2.45, 2.75) is 77.8 Å². The molecule has 1 aliphatic rings. The number of carboxylic acid groups (broad SMARTS) is 1. The first-order chi connectivity index (χ1) is 11.8. The van der Waals surface area contributed by atoms with Crippen molar-refractivity contribution in [3.63, 3.8) is 0 Å². The summed E-state index contributed by atoms with van der Waals surface area (Å²) in [5.41, 5.74) is 1.04. The molecule has 2 atom stereocenters. The van der Waals surface area contributed by atoms with Crippen LogP contribution in [0.15, 0.2) is 12.2 Å². The molecule has 1 saturated carbocycles. The van der Waals surface area contributed by atoms with Crippen molar-refractivity contribution < 1.29 is 14.7 Å². The number of aliphatic carboxylic acids is 1. The number of carbonyl (C=O) groups excluding carboxylic acids is 1. The SMILES string of the molecule is C=C(C)CN(CC(C)=O)C1CCCCC1N(CCCCC)CC(=O)O. The van der Waals surface area contributed by atoms with E-state index in [1.54, 1.807) is 6.92 Å². The predicted molar refractivity (Wildman–Crippen MR) is 102 cm³/mol. The number of Topliss-reactive ketones (excluding diaryl/α,β-unsaturated/α-hetero) is 1. The van der Waals surface area contributed by atoms with E-state index in [9.17, 15) is 14.7 Å². The fraction of sp³-hybridized carbons (Fsp3) is 0.800. The second-order valence-electron chi connectivity index (χ2n) is 7.55. The number of hydrogen-bond acceptors (Lipinski definition) is 4. The van der Waals surface area contributed by atoms with E-state index < -0.39 is 5.97 Å². The van der Waals surface area contributed by atoms with Crippen LogP contribution in [0.4, 0.5) is 0 Å². The molecule has 0 aromatic rings. The Kier molecular flexibility index (Phi) is 9.98. The molecule has 0 aliphatic heterocycles. The van der Waals surface area contributed by atoms with E-state index in [0.717, 1.165) is 57.1 Å². The van der Waals surface area contributed by atoms with Crippen LogP contribution in [0.5, 0.6) is 0 Å². The maximum absolute atomic E-state index is 11.8. The van der Waals surface area contributed by atoms with Gasteiger partial charge in [-0.2, -0.15) is 0 Å². The van der Waals surface area contributed by atoms with Crippen LogP contribution in [0.3, 0.4) is 0 Å². The Morgan fingerprint density at radius 2 is 1.60 bits per heavy atom. The van der Waals surface area contributed by atoms with Crippen molar-refractivity contribution in [1.29, 1.82) is 0 Å². The molecule has 2 unspecified atom stereocenters. The van der Waals surface area contributed by atoms with Crippen LogP contribution in [-0.4, -0.2) is 64.9 Å². The zero-order valence-corrected chi connectivity index (χ0v) is 16.3. The first kappa shape index (κ1) is 21.8. The normalized spacial score (nSPS) is 20.8. The molecular weight excluding hydrogens is 316 g/mol. The van der Waals surface area contributed by atoms with E-state index in [4.69, 9.17) is 0 Å². The molecule has 0 heterocycles. The second kappa shape index (κ2) is 11.4. The molecule has 144 valence electrons. The number of carboxylic acids is 1. The quantitative estimate of drug-likeness (QED) is 0.431. The Hall–Kier alpha value is -1.20. The Labute approximate surface area is 153 Å². The molecule has 0 saturated heterocycles. The molecule has 0 aromatic carbocycles. The Morgan fingerprint density at radius 1 is 1.00 bits per heavy atom. The third-order valence-corrected chi connectivity index (χ3v) is 4.92. The van der Waals surface area contributed by atoms with E-state index in [1.807, 2.05) is 6.92 Å². The summed E-state index contributed by atoms with van der Waals surface area (Å²) in [6.45, 7) is 11.8. The highest BCUT2D eigenvalue weighted by molar-refractivity contribution is 5.77. The molecule has 1 N–H and O–H groups in total. The topological polar surface area (TPSA) is 60.9 Å². The number of unbranched alkanes of at least 4 members (excludes halogenated alkanes) is 2. The van der Waals surface area contributed by atoms with E-state index in [2.05, 4.69) is 23.3 Å². The minimum atomic E-state index is -0.765. The average Bonchev–Trinajstić information content (AvgIpc) is 2.52. The number of hydrogen-bond donors (Lipinski definition) is 1. The van der Waals surface area contributed by atoms with E-state index in [0.29, 0.717) is 13.1 Å². The van der Waals surface area contributed by atoms with Crippen LogP contribution in [0, 0.1) is 0 Å². The zero-order chi connectivity index (χ0) is 18.8. The van der Waals surface area contributed by atoms with Gasteiger partial charge in [0.25, 0.3) is 0 Å². The van der Waals surface area contributed by atoms with Gasteiger partial charge in [0.05, 0.1) is 13.1 Å². The van der Waals surface area contributed by atoms with Crippen molar-refractivity contribution in [2.24, 2.45) is 0 Å². The molecule has 25 heavy (non-hydrogen) atoms.